The van der Waals surface area contributed by atoms with Gasteiger partial charge < -0.3 is 28.4 Å². The minimum absolute atomic E-state index is 0.115. The number of methoxy groups -OCH3 is 3. The molecule has 32 heavy (non-hydrogen) atoms. The van der Waals surface area contributed by atoms with Gasteiger partial charge in [0.05, 0.1) is 21.3 Å². The summed E-state index contributed by atoms with van der Waals surface area (Å²) in [6, 6.07) is 11.1. The molecule has 2 aromatic carbocycles. The first-order valence-corrected chi connectivity index (χ1v) is 11.1. The van der Waals surface area contributed by atoms with Crippen molar-refractivity contribution in [3.63, 3.8) is 0 Å². The number of anilines is 1. The average Bonchev–Trinajstić information content (AvgIpc) is 3.48. The molecule has 4 aromatic rings. The van der Waals surface area contributed by atoms with E-state index >= 15 is 0 Å². The van der Waals surface area contributed by atoms with Crippen LogP contribution in [0.2, 0.25) is 0 Å². The summed E-state index contributed by atoms with van der Waals surface area (Å²) < 4.78 is 23.1. The van der Waals surface area contributed by atoms with Crippen LogP contribution >= 0.6 is 11.3 Å². The Kier molecular flexibility index (Phi) is 5.26. The number of rotatable bonds is 5. The highest BCUT2D eigenvalue weighted by Gasteiger charge is 2.27. The zero-order valence-corrected chi connectivity index (χ0v) is 18.9. The number of aromatic nitrogens is 1. The smallest absolute Gasteiger partial charge is 0.289 e. The van der Waals surface area contributed by atoms with Gasteiger partial charge in [0, 0.05) is 31.6 Å². The highest BCUT2D eigenvalue weighted by atomic mass is 32.1. The molecule has 166 valence electrons. The molecule has 0 N–H and O–H groups in total. The Morgan fingerprint density at radius 1 is 0.969 bits per heavy atom. The summed E-state index contributed by atoms with van der Waals surface area (Å²) in [5.74, 6) is 2.33. The summed E-state index contributed by atoms with van der Waals surface area (Å²) >= 11 is 1.57. The van der Waals surface area contributed by atoms with Crippen LogP contribution in [0.25, 0.3) is 21.2 Å². The van der Waals surface area contributed by atoms with Crippen molar-refractivity contribution in [2.45, 2.75) is 0 Å². The van der Waals surface area contributed by atoms with E-state index in [1.165, 1.54) is 0 Å². The standard InChI is InChI=1S/C23H23N3O5S/c1-28-15-7-8-17(30-3)21-19(15)24-23(32-21)26-11-9-25(10-12-26)22(27)18-13-14-5-4-6-16(29-2)20(14)31-18/h4-8,13H,9-12H2,1-3H3. The summed E-state index contributed by atoms with van der Waals surface area (Å²) in [6.07, 6.45) is 0. The lowest BCUT2D eigenvalue weighted by molar-refractivity contribution is 0.0717. The van der Waals surface area contributed by atoms with Crippen molar-refractivity contribution < 1.29 is 23.4 Å². The third-order valence-electron chi connectivity index (χ3n) is 5.68. The predicted molar refractivity (Wildman–Crippen MR) is 124 cm³/mol. The zero-order valence-electron chi connectivity index (χ0n) is 18.1. The van der Waals surface area contributed by atoms with Crippen molar-refractivity contribution >= 4 is 43.6 Å². The maximum Gasteiger partial charge on any atom is 0.289 e. The molecule has 0 atom stereocenters. The SMILES string of the molecule is COc1ccc(OC)c2sc(N3CCN(C(=O)c4cc5cccc(OC)c5o4)CC3)nc12. The third-order valence-corrected chi connectivity index (χ3v) is 6.81. The Hall–Kier alpha value is -3.46. The quantitative estimate of drug-likeness (QED) is 0.451. The molecule has 0 unspecified atom stereocenters. The van der Waals surface area contributed by atoms with Crippen LogP contribution in [0.1, 0.15) is 10.6 Å². The van der Waals surface area contributed by atoms with Gasteiger partial charge in [-0.3, -0.25) is 4.79 Å². The minimum Gasteiger partial charge on any atom is -0.495 e. The predicted octanol–water partition coefficient (Wildman–Crippen LogP) is 4.03. The van der Waals surface area contributed by atoms with E-state index < -0.39 is 0 Å². The normalized spacial score (nSPS) is 14.2. The molecule has 1 amide bonds. The maximum absolute atomic E-state index is 13.0. The number of hydrogen-bond acceptors (Lipinski definition) is 8. The van der Waals surface area contributed by atoms with E-state index in [-0.39, 0.29) is 5.91 Å². The molecule has 0 aliphatic carbocycles. The highest BCUT2D eigenvalue weighted by molar-refractivity contribution is 7.22. The molecule has 1 aliphatic rings. The minimum atomic E-state index is -0.115. The van der Waals surface area contributed by atoms with Crippen molar-refractivity contribution in [2.24, 2.45) is 0 Å². The summed E-state index contributed by atoms with van der Waals surface area (Å²) in [5, 5.41) is 1.74. The van der Waals surface area contributed by atoms with Crippen LogP contribution in [0.15, 0.2) is 40.8 Å². The van der Waals surface area contributed by atoms with Crippen LogP contribution in [0, 0.1) is 0 Å². The van der Waals surface area contributed by atoms with Crippen molar-refractivity contribution in [1.82, 2.24) is 9.88 Å². The van der Waals surface area contributed by atoms with E-state index in [1.807, 2.05) is 35.2 Å². The molecule has 0 spiro atoms. The summed E-state index contributed by atoms with van der Waals surface area (Å²) in [4.78, 5) is 21.8. The number of benzene rings is 2. The van der Waals surface area contributed by atoms with Gasteiger partial charge in [-0.15, -0.1) is 0 Å². The van der Waals surface area contributed by atoms with Gasteiger partial charge in [-0.25, -0.2) is 4.98 Å². The van der Waals surface area contributed by atoms with Crippen molar-refractivity contribution in [1.29, 1.82) is 0 Å². The summed E-state index contributed by atoms with van der Waals surface area (Å²) in [5.41, 5.74) is 1.39. The lowest BCUT2D eigenvalue weighted by Gasteiger charge is -2.34. The molecule has 0 saturated carbocycles. The first-order valence-electron chi connectivity index (χ1n) is 10.2. The molecule has 5 rings (SSSR count). The number of piperazine rings is 1. The van der Waals surface area contributed by atoms with E-state index in [0.29, 0.717) is 43.3 Å². The molecule has 1 aliphatic heterocycles. The van der Waals surface area contributed by atoms with Crippen LogP contribution < -0.4 is 19.1 Å². The molecule has 9 heteroatoms. The molecule has 3 heterocycles. The van der Waals surface area contributed by atoms with Crippen LogP contribution in [-0.4, -0.2) is 63.3 Å². The van der Waals surface area contributed by atoms with E-state index in [0.717, 1.165) is 32.2 Å². The zero-order chi connectivity index (χ0) is 22.2. The van der Waals surface area contributed by atoms with Crippen molar-refractivity contribution in [3.8, 4) is 17.2 Å². The number of amides is 1. The third kappa shape index (κ3) is 3.38. The second-order valence-corrected chi connectivity index (χ2v) is 8.39. The Morgan fingerprint density at radius 3 is 2.41 bits per heavy atom. The molecule has 0 radical (unpaired) electrons. The number of hydrogen-bond donors (Lipinski definition) is 0. The second kappa shape index (κ2) is 8.23. The average molecular weight is 454 g/mol. The number of fused-ring (bicyclic) bond motifs is 2. The van der Waals surface area contributed by atoms with Gasteiger partial charge in [0.2, 0.25) is 0 Å². The van der Waals surface area contributed by atoms with E-state index in [4.69, 9.17) is 23.6 Å². The fraction of sp³-hybridized carbons (Fsp3) is 0.304. The first kappa shape index (κ1) is 20.4. The van der Waals surface area contributed by atoms with Crippen molar-refractivity contribution in [3.05, 3.63) is 42.2 Å². The number of ether oxygens (including phenoxy) is 3. The largest absolute Gasteiger partial charge is 0.495 e. The van der Waals surface area contributed by atoms with Crippen molar-refractivity contribution in [2.75, 3.05) is 52.4 Å². The number of para-hydroxylation sites is 1. The lowest BCUT2D eigenvalue weighted by atomic mass is 10.2. The summed E-state index contributed by atoms with van der Waals surface area (Å²) in [6.45, 7) is 2.52. The monoisotopic (exact) mass is 453 g/mol. The topological polar surface area (TPSA) is 77.3 Å². The number of furan rings is 1. The Balaban J connectivity index is 1.33. The molecule has 2 aromatic heterocycles. The Morgan fingerprint density at radius 2 is 1.69 bits per heavy atom. The number of carbonyl (C=O) groups excluding carboxylic acids is 1. The fourth-order valence-corrected chi connectivity index (χ4v) is 5.09. The first-order chi connectivity index (χ1) is 15.6. The molecular weight excluding hydrogens is 430 g/mol. The van der Waals surface area contributed by atoms with Gasteiger partial charge >= 0.3 is 0 Å². The van der Waals surface area contributed by atoms with Gasteiger partial charge in [0.15, 0.2) is 22.2 Å². The number of nitrogens with zero attached hydrogens (tertiary/aromatic N) is 3. The maximum atomic E-state index is 13.0. The van der Waals surface area contributed by atoms with E-state index in [2.05, 4.69) is 4.90 Å². The molecule has 8 nitrogen and oxygen atoms in total. The van der Waals surface area contributed by atoms with Gasteiger partial charge in [-0.2, -0.15) is 0 Å². The Bertz CT molecular complexity index is 1250. The fourth-order valence-electron chi connectivity index (χ4n) is 3.97. The van der Waals surface area contributed by atoms with Gasteiger partial charge in [0.1, 0.15) is 21.7 Å². The van der Waals surface area contributed by atoms with E-state index in [9.17, 15) is 4.79 Å². The second-order valence-electron chi connectivity index (χ2n) is 7.41. The summed E-state index contributed by atoms with van der Waals surface area (Å²) in [7, 11) is 4.88. The lowest BCUT2D eigenvalue weighted by Crippen LogP contribution is -2.48. The molecule has 1 saturated heterocycles. The molecule has 0 bridgehead atoms. The van der Waals surface area contributed by atoms with Crippen LogP contribution in [-0.2, 0) is 0 Å². The van der Waals surface area contributed by atoms with Gasteiger partial charge in [0.25, 0.3) is 5.91 Å². The van der Waals surface area contributed by atoms with Crippen LogP contribution in [0.4, 0.5) is 5.13 Å². The van der Waals surface area contributed by atoms with Gasteiger partial charge in [-0.1, -0.05) is 23.5 Å². The molecular formula is C23H23N3O5S. The molecule has 1 fully saturated rings. The van der Waals surface area contributed by atoms with Crippen LogP contribution in [0.5, 0.6) is 17.2 Å². The number of carbonyl (C=O) groups is 1. The van der Waals surface area contributed by atoms with E-state index in [1.54, 1.807) is 38.7 Å². The Labute approximate surface area is 188 Å². The number of thiazole rings is 1. The highest BCUT2D eigenvalue weighted by Crippen LogP contribution is 2.40. The van der Waals surface area contributed by atoms with Gasteiger partial charge in [-0.05, 0) is 24.3 Å². The van der Waals surface area contributed by atoms with Crippen LogP contribution in [0.3, 0.4) is 0 Å².